The molecule has 20 nitrogen and oxygen atoms in total. The van der Waals surface area contributed by atoms with Crippen LogP contribution in [0.3, 0.4) is 0 Å². The van der Waals surface area contributed by atoms with Gasteiger partial charge in [0.25, 0.3) is 0 Å². The molecule has 20 heteroatoms. The predicted octanol–water partition coefficient (Wildman–Crippen LogP) is 1.31. The van der Waals surface area contributed by atoms with Crippen molar-refractivity contribution >= 4 is 23.9 Å². The van der Waals surface area contributed by atoms with E-state index < -0.39 is 128 Å². The summed E-state index contributed by atoms with van der Waals surface area (Å²) in [6, 6.07) is 0. The average Bonchev–Trinajstić information content (AvgIpc) is 3.24. The lowest BCUT2D eigenvalue weighted by Crippen LogP contribution is -2.66. The number of aliphatic hydroxyl groups excluding tert-OH is 7. The van der Waals surface area contributed by atoms with Crippen molar-refractivity contribution in [3.8, 4) is 0 Å². The van der Waals surface area contributed by atoms with E-state index in [1.165, 1.54) is 5.57 Å². The van der Waals surface area contributed by atoms with E-state index in [1.807, 2.05) is 0 Å². The zero-order valence-electron chi connectivity index (χ0n) is 39.4. The minimum Gasteiger partial charge on any atom is -0.480 e. The topological polar surface area (TPSA) is 326 Å². The maximum Gasteiger partial charge on any atom is 0.337 e. The largest absolute Gasteiger partial charge is 0.480 e. The van der Waals surface area contributed by atoms with Gasteiger partial charge in [-0.05, 0) is 109 Å². The number of carboxylic acids is 3. The monoisotopic (exact) mass is 956 g/mol. The maximum atomic E-state index is 14.7. The van der Waals surface area contributed by atoms with Gasteiger partial charge < -0.3 is 79.5 Å². The molecule has 7 rings (SSSR count). The second-order valence-corrected chi connectivity index (χ2v) is 22.7. The fourth-order valence-corrected chi connectivity index (χ4v) is 14.3. The number of hydrogen-bond donors (Lipinski definition) is 10. The molecule has 7 aliphatic rings. The zero-order valence-corrected chi connectivity index (χ0v) is 39.4. The second-order valence-electron chi connectivity index (χ2n) is 22.7. The first-order valence-electron chi connectivity index (χ1n) is 23.6. The molecular weight excluding hydrogens is 884 g/mol. The summed E-state index contributed by atoms with van der Waals surface area (Å²) in [6.07, 6.45) is -13.8. The summed E-state index contributed by atoms with van der Waals surface area (Å²) in [5, 5.41) is 103. The van der Waals surface area contributed by atoms with Crippen LogP contribution in [0.1, 0.15) is 113 Å². The number of hydrogen-bond acceptors (Lipinski definition) is 17. The Balaban J connectivity index is 1.13. The summed E-state index contributed by atoms with van der Waals surface area (Å²) in [5.74, 6) is -5.54. The van der Waals surface area contributed by atoms with E-state index in [2.05, 4.69) is 54.5 Å². The molecule has 0 aromatic rings. The summed E-state index contributed by atoms with van der Waals surface area (Å²) in [7, 11) is 0. The van der Waals surface area contributed by atoms with Gasteiger partial charge in [-0.3, -0.25) is 4.79 Å². The minimum atomic E-state index is -2.48. The second kappa shape index (κ2) is 18.4. The van der Waals surface area contributed by atoms with Crippen LogP contribution in [0, 0.1) is 50.2 Å². The summed E-state index contributed by atoms with van der Waals surface area (Å²) in [5.41, 5.74) is -1.20. The third-order valence-electron chi connectivity index (χ3n) is 18.3. The van der Waals surface area contributed by atoms with Gasteiger partial charge in [0.1, 0.15) is 49.3 Å². The molecular formula is C47H72O20. The molecule has 5 aliphatic carbocycles. The van der Waals surface area contributed by atoms with E-state index in [1.54, 1.807) is 0 Å². The molecule has 380 valence electrons. The lowest BCUT2D eigenvalue weighted by atomic mass is 9.33. The number of carboxylic acid groups (broad SMARTS) is 3. The fourth-order valence-electron chi connectivity index (χ4n) is 14.3. The van der Waals surface area contributed by atoms with Gasteiger partial charge in [0, 0.05) is 0 Å². The highest BCUT2D eigenvalue weighted by Gasteiger charge is 2.70. The Hall–Kier alpha value is -2.86. The summed E-state index contributed by atoms with van der Waals surface area (Å²) in [4.78, 5) is 49.9. The number of allylic oxidation sites excluding steroid dienone is 2. The molecule has 10 N–H and O–H groups in total. The van der Waals surface area contributed by atoms with Crippen molar-refractivity contribution in [3.05, 3.63) is 11.6 Å². The van der Waals surface area contributed by atoms with Crippen molar-refractivity contribution < 1.29 is 98.7 Å². The van der Waals surface area contributed by atoms with Crippen molar-refractivity contribution in [3.63, 3.8) is 0 Å². The first-order chi connectivity index (χ1) is 31.1. The molecule has 2 saturated heterocycles. The van der Waals surface area contributed by atoms with Crippen molar-refractivity contribution in [2.24, 2.45) is 50.2 Å². The fraction of sp³-hybridized carbons (Fsp3) is 0.872. The van der Waals surface area contributed by atoms with E-state index in [9.17, 15) is 65.1 Å². The van der Waals surface area contributed by atoms with Crippen molar-refractivity contribution in [2.45, 2.75) is 193 Å². The van der Waals surface area contributed by atoms with Crippen LogP contribution in [0.4, 0.5) is 0 Å². The molecule has 0 aromatic carbocycles. The molecule has 0 amide bonds. The third kappa shape index (κ3) is 8.65. The predicted molar refractivity (Wildman–Crippen MR) is 228 cm³/mol. The van der Waals surface area contributed by atoms with Crippen molar-refractivity contribution in [2.75, 3.05) is 13.2 Å². The normalized spacial score (nSPS) is 46.5. The highest BCUT2D eigenvalue weighted by atomic mass is 16.7. The summed E-state index contributed by atoms with van der Waals surface area (Å²) < 4.78 is 34.2. The lowest BCUT2D eigenvalue weighted by molar-refractivity contribution is -0.345. The van der Waals surface area contributed by atoms with Crippen LogP contribution >= 0.6 is 0 Å². The van der Waals surface area contributed by atoms with Crippen molar-refractivity contribution in [1.82, 2.24) is 0 Å². The SMILES string of the molecule is CC1(C)CC[C@]2(C(=O)O[C@H]3O[C@H](CO)[C@@H](O)[C@H](O)[C@H]3O)CC[C@]3(C)C(=CCC4[C@@]5(C)CC[C@H](O[C@@H]6O[C@H](C(=O)O)[C@@H](O)[C@H](OC(OCC(=O)O)C(O)C(=O)O)[C@H]6O)C(C)(C)C5CC[C@]43C)[C@@H]2C1. The van der Waals surface area contributed by atoms with Gasteiger partial charge in [-0.2, -0.15) is 0 Å². The van der Waals surface area contributed by atoms with Gasteiger partial charge in [-0.25, -0.2) is 14.4 Å². The number of aliphatic hydroxyl groups is 7. The van der Waals surface area contributed by atoms with Crippen LogP contribution < -0.4 is 0 Å². The molecule has 2 heterocycles. The highest BCUT2D eigenvalue weighted by Crippen LogP contribution is 2.76. The zero-order chi connectivity index (χ0) is 49.6. The molecule has 0 bridgehead atoms. The average molecular weight is 957 g/mol. The Kier molecular flexibility index (Phi) is 14.3. The molecule has 0 radical (unpaired) electrons. The molecule has 67 heavy (non-hydrogen) atoms. The molecule has 2 aliphatic heterocycles. The molecule has 4 saturated carbocycles. The van der Waals surface area contributed by atoms with E-state index in [4.69, 9.17) is 33.5 Å². The van der Waals surface area contributed by atoms with Crippen LogP contribution in [0.25, 0.3) is 0 Å². The van der Waals surface area contributed by atoms with Crippen molar-refractivity contribution in [1.29, 1.82) is 0 Å². The number of ether oxygens (including phenoxy) is 6. The number of aliphatic carboxylic acids is 3. The van der Waals surface area contributed by atoms with E-state index in [0.717, 1.165) is 32.1 Å². The molecule has 0 aromatic heterocycles. The van der Waals surface area contributed by atoms with Crippen LogP contribution in [0.15, 0.2) is 11.6 Å². The number of carbonyl (C=O) groups excluding carboxylic acids is 1. The Morgan fingerprint density at radius 1 is 0.776 bits per heavy atom. The first-order valence-corrected chi connectivity index (χ1v) is 23.6. The molecule has 20 atom stereocenters. The number of fused-ring (bicyclic) bond motifs is 7. The van der Waals surface area contributed by atoms with Gasteiger partial charge in [-0.15, -0.1) is 0 Å². The molecule has 0 spiro atoms. The standard InChI is InChI=1S/C47H72O20/c1-42(2)14-16-47(41(61)67-39-30(53)29(52)28(51)23(19-48)63-39)17-15-45(6)21(22(47)18-42)8-9-25-44(5)12-11-26(43(3,4)24(44)10-13-46(25,45)7)64-40-32(55)34(31(54)35(66-40)37(59)60)65-38(33(56)36(57)58)62-20-27(49)50/h8,22-26,28-35,38-40,48,51-56H,9-20H2,1-7H3,(H,49,50)(H,57,58)(H,59,60)/t22-,23+,24?,25?,26-,28+,29-,30+,31-,32+,33?,34-,35-,38?,39+,40+,44-,45+,46+,47-/m0/s1. The van der Waals surface area contributed by atoms with E-state index in [-0.39, 0.29) is 39.4 Å². The summed E-state index contributed by atoms with van der Waals surface area (Å²) in [6.45, 7) is 13.8. The van der Waals surface area contributed by atoms with Crippen LogP contribution in [-0.4, -0.2) is 168 Å². The maximum absolute atomic E-state index is 14.7. The quantitative estimate of drug-likeness (QED) is 0.0538. The van der Waals surface area contributed by atoms with E-state index >= 15 is 0 Å². The Bertz CT molecular complexity index is 1920. The highest BCUT2D eigenvalue weighted by molar-refractivity contribution is 5.79. The van der Waals surface area contributed by atoms with Gasteiger partial charge >= 0.3 is 23.9 Å². The van der Waals surface area contributed by atoms with Gasteiger partial charge in [0.15, 0.2) is 18.7 Å². The van der Waals surface area contributed by atoms with Gasteiger partial charge in [-0.1, -0.05) is 60.1 Å². The van der Waals surface area contributed by atoms with Gasteiger partial charge in [0.2, 0.25) is 12.4 Å². The Morgan fingerprint density at radius 3 is 2.07 bits per heavy atom. The Labute approximate surface area is 389 Å². The Morgan fingerprint density at radius 2 is 1.45 bits per heavy atom. The summed E-state index contributed by atoms with van der Waals surface area (Å²) >= 11 is 0. The first kappa shape index (κ1) is 52.0. The number of esters is 1. The van der Waals surface area contributed by atoms with Gasteiger partial charge in [0.05, 0.1) is 18.1 Å². The smallest absolute Gasteiger partial charge is 0.337 e. The van der Waals surface area contributed by atoms with Crippen LogP contribution in [0.2, 0.25) is 0 Å². The number of carbonyl (C=O) groups is 4. The molecule has 4 unspecified atom stereocenters. The molecule has 6 fully saturated rings. The van der Waals surface area contributed by atoms with E-state index in [0.29, 0.717) is 32.1 Å². The lowest BCUT2D eigenvalue weighted by Gasteiger charge is -2.71. The minimum absolute atomic E-state index is 0.0494. The van der Waals surface area contributed by atoms with Crippen LogP contribution in [0.5, 0.6) is 0 Å². The third-order valence-corrected chi connectivity index (χ3v) is 18.3. The van der Waals surface area contributed by atoms with Crippen LogP contribution in [-0.2, 0) is 47.6 Å². The number of rotatable bonds is 13.